The van der Waals surface area contributed by atoms with Gasteiger partial charge < -0.3 is 14.8 Å². The average molecular weight is 463 g/mol. The van der Waals surface area contributed by atoms with Crippen LogP contribution >= 0.6 is 27.3 Å². The largest absolute Gasteiger partial charge is 0.493 e. The van der Waals surface area contributed by atoms with Crippen LogP contribution in [-0.2, 0) is 19.7 Å². The Morgan fingerprint density at radius 3 is 2.57 bits per heavy atom. The van der Waals surface area contributed by atoms with Crippen LogP contribution in [0.1, 0.15) is 16.0 Å². The predicted octanol–water partition coefficient (Wildman–Crippen LogP) is 5.30. The minimum atomic E-state index is -0.417. The van der Waals surface area contributed by atoms with Crippen molar-refractivity contribution < 1.29 is 14.4 Å². The number of methoxy groups -OCH3 is 1. The van der Waals surface area contributed by atoms with Gasteiger partial charge in [0, 0.05) is 40.1 Å². The molecule has 1 aromatic heterocycles. The number of nitrogens with one attached hydrogen (secondary N) is 1. The maximum absolute atomic E-state index is 10.8. The van der Waals surface area contributed by atoms with Crippen molar-refractivity contribution >= 4 is 33.0 Å². The van der Waals surface area contributed by atoms with E-state index >= 15 is 0 Å². The Bertz CT molecular complexity index is 930. The fourth-order valence-corrected chi connectivity index (χ4v) is 3.79. The Labute approximate surface area is 175 Å². The van der Waals surface area contributed by atoms with Crippen molar-refractivity contribution in [3.8, 4) is 11.5 Å². The number of nitrogens with zero attached hydrogens (tertiary/aromatic N) is 1. The van der Waals surface area contributed by atoms with E-state index in [-0.39, 0.29) is 12.3 Å². The third-order valence-electron chi connectivity index (χ3n) is 4.10. The molecule has 0 aliphatic heterocycles. The van der Waals surface area contributed by atoms with Gasteiger partial charge in [0.1, 0.15) is 6.61 Å². The molecule has 3 rings (SSSR count). The van der Waals surface area contributed by atoms with E-state index in [1.165, 1.54) is 17.0 Å². The van der Waals surface area contributed by atoms with Gasteiger partial charge >= 0.3 is 0 Å². The molecular weight excluding hydrogens is 444 g/mol. The molecule has 6 nitrogen and oxygen atoms in total. The number of thiophene rings is 1. The second-order valence-corrected chi connectivity index (χ2v) is 7.84. The van der Waals surface area contributed by atoms with Crippen molar-refractivity contribution in [3.63, 3.8) is 0 Å². The van der Waals surface area contributed by atoms with Gasteiger partial charge in [-0.05, 0) is 41.3 Å². The van der Waals surface area contributed by atoms with Gasteiger partial charge in [0.15, 0.2) is 11.5 Å². The molecule has 2 aromatic carbocycles. The van der Waals surface area contributed by atoms with Gasteiger partial charge in [-0.3, -0.25) is 10.1 Å². The maximum atomic E-state index is 10.8. The summed E-state index contributed by atoms with van der Waals surface area (Å²) >= 11 is 5.30. The molecule has 0 bridgehead atoms. The number of ether oxygens (including phenoxy) is 2. The summed E-state index contributed by atoms with van der Waals surface area (Å²) in [6.07, 6.45) is 0. The number of benzene rings is 2. The molecule has 0 radical (unpaired) electrons. The number of hydrogen-bond acceptors (Lipinski definition) is 6. The topological polar surface area (TPSA) is 73.6 Å². The quantitative estimate of drug-likeness (QED) is 0.345. The number of nitro benzene ring substituents is 1. The van der Waals surface area contributed by atoms with E-state index in [9.17, 15) is 10.1 Å². The van der Waals surface area contributed by atoms with Crippen LogP contribution in [0.2, 0.25) is 0 Å². The highest BCUT2D eigenvalue weighted by atomic mass is 79.9. The third-order valence-corrected chi connectivity index (χ3v) is 5.72. The van der Waals surface area contributed by atoms with E-state index in [4.69, 9.17) is 9.47 Å². The molecule has 0 atom stereocenters. The molecule has 8 heteroatoms. The highest BCUT2D eigenvalue weighted by Crippen LogP contribution is 2.37. The lowest BCUT2D eigenvalue weighted by Gasteiger charge is -2.17. The van der Waals surface area contributed by atoms with E-state index in [0.717, 1.165) is 22.1 Å². The number of hydrogen-bond donors (Lipinski definition) is 1. The normalized spacial score (nSPS) is 10.6. The van der Waals surface area contributed by atoms with Gasteiger partial charge in [-0.1, -0.05) is 22.0 Å². The molecular formula is C20H19BrN2O4S. The first kappa shape index (κ1) is 20.3. The standard InChI is InChI=1S/C20H19BrN2O4S/c1-26-19-9-8-18(21)17(12-22-11-16-3-2-10-28-16)20(19)27-13-14-4-6-15(7-5-14)23(24)25/h2-10,22H,11-13H2,1H3. The van der Waals surface area contributed by atoms with Crippen LogP contribution in [0.4, 0.5) is 5.69 Å². The molecule has 0 amide bonds. The zero-order valence-electron chi connectivity index (χ0n) is 15.2. The van der Waals surface area contributed by atoms with Crippen molar-refractivity contribution in [1.82, 2.24) is 5.32 Å². The van der Waals surface area contributed by atoms with Gasteiger partial charge in [-0.2, -0.15) is 0 Å². The summed E-state index contributed by atoms with van der Waals surface area (Å²) < 4.78 is 12.4. The lowest BCUT2D eigenvalue weighted by Crippen LogP contribution is -2.14. The Kier molecular flexibility index (Phi) is 7.02. The van der Waals surface area contributed by atoms with Gasteiger partial charge in [0.05, 0.1) is 12.0 Å². The summed E-state index contributed by atoms with van der Waals surface area (Å²) in [5, 5.41) is 16.3. The minimum Gasteiger partial charge on any atom is -0.493 e. The summed E-state index contributed by atoms with van der Waals surface area (Å²) in [5.74, 6) is 1.28. The van der Waals surface area contributed by atoms with Crippen molar-refractivity contribution in [1.29, 1.82) is 0 Å². The number of nitro groups is 1. The van der Waals surface area contributed by atoms with Crippen LogP contribution in [0.25, 0.3) is 0 Å². The molecule has 0 aliphatic carbocycles. The van der Waals surface area contributed by atoms with Gasteiger partial charge in [0.25, 0.3) is 5.69 Å². The Balaban J connectivity index is 1.74. The second kappa shape index (κ2) is 9.68. The molecule has 3 aromatic rings. The number of rotatable bonds is 9. The molecule has 0 spiro atoms. The highest BCUT2D eigenvalue weighted by molar-refractivity contribution is 9.10. The van der Waals surface area contributed by atoms with Crippen LogP contribution < -0.4 is 14.8 Å². The smallest absolute Gasteiger partial charge is 0.269 e. The zero-order chi connectivity index (χ0) is 19.9. The first-order valence-corrected chi connectivity index (χ1v) is 10.2. The van der Waals surface area contributed by atoms with E-state index in [0.29, 0.717) is 18.0 Å². The van der Waals surface area contributed by atoms with Crippen LogP contribution in [0.3, 0.4) is 0 Å². The van der Waals surface area contributed by atoms with Crippen LogP contribution in [0.5, 0.6) is 11.5 Å². The van der Waals surface area contributed by atoms with Gasteiger partial charge in [-0.25, -0.2) is 0 Å². The molecule has 0 unspecified atom stereocenters. The Hall–Kier alpha value is -2.42. The van der Waals surface area contributed by atoms with Crippen molar-refractivity contribution in [2.24, 2.45) is 0 Å². The minimum absolute atomic E-state index is 0.0576. The molecule has 0 fully saturated rings. The lowest BCUT2D eigenvalue weighted by molar-refractivity contribution is -0.384. The summed E-state index contributed by atoms with van der Waals surface area (Å²) in [6.45, 7) is 1.65. The summed E-state index contributed by atoms with van der Waals surface area (Å²) in [4.78, 5) is 11.6. The summed E-state index contributed by atoms with van der Waals surface area (Å²) in [7, 11) is 1.60. The monoisotopic (exact) mass is 462 g/mol. The van der Waals surface area contributed by atoms with Crippen LogP contribution in [0, 0.1) is 10.1 Å². The first-order chi connectivity index (χ1) is 13.6. The zero-order valence-corrected chi connectivity index (χ0v) is 17.6. The van der Waals surface area contributed by atoms with E-state index < -0.39 is 4.92 Å². The second-order valence-electron chi connectivity index (χ2n) is 5.95. The van der Waals surface area contributed by atoms with E-state index in [1.54, 1.807) is 30.6 Å². The molecule has 28 heavy (non-hydrogen) atoms. The molecule has 1 N–H and O–H groups in total. The van der Waals surface area contributed by atoms with E-state index in [1.807, 2.05) is 18.2 Å². The third kappa shape index (κ3) is 5.09. The Morgan fingerprint density at radius 2 is 1.93 bits per heavy atom. The van der Waals surface area contributed by atoms with Crippen LogP contribution in [-0.4, -0.2) is 12.0 Å². The molecule has 0 saturated carbocycles. The van der Waals surface area contributed by atoms with Crippen molar-refractivity contribution in [3.05, 3.63) is 84.5 Å². The predicted molar refractivity (Wildman–Crippen MR) is 113 cm³/mol. The van der Waals surface area contributed by atoms with Crippen molar-refractivity contribution in [2.45, 2.75) is 19.7 Å². The Morgan fingerprint density at radius 1 is 1.14 bits per heavy atom. The van der Waals surface area contributed by atoms with E-state index in [2.05, 4.69) is 32.7 Å². The molecule has 0 aliphatic rings. The molecule has 0 saturated heterocycles. The van der Waals surface area contributed by atoms with Crippen molar-refractivity contribution in [2.75, 3.05) is 7.11 Å². The molecule has 1 heterocycles. The SMILES string of the molecule is COc1ccc(Br)c(CNCc2cccs2)c1OCc1ccc([N+](=O)[O-])cc1. The first-order valence-electron chi connectivity index (χ1n) is 8.53. The van der Waals surface area contributed by atoms with Crippen LogP contribution in [0.15, 0.2) is 58.4 Å². The summed E-state index contributed by atoms with van der Waals surface area (Å²) in [6, 6.07) is 14.2. The summed E-state index contributed by atoms with van der Waals surface area (Å²) in [5.41, 5.74) is 1.85. The number of non-ortho nitro benzene ring substituents is 1. The number of halogens is 1. The fourth-order valence-electron chi connectivity index (χ4n) is 2.66. The highest BCUT2D eigenvalue weighted by Gasteiger charge is 2.15. The van der Waals surface area contributed by atoms with Gasteiger partial charge in [-0.15, -0.1) is 11.3 Å². The maximum Gasteiger partial charge on any atom is 0.269 e. The fraction of sp³-hybridized carbons (Fsp3) is 0.200. The van der Waals surface area contributed by atoms with Gasteiger partial charge in [0.2, 0.25) is 0 Å². The molecule has 146 valence electrons. The average Bonchev–Trinajstić information content (AvgIpc) is 3.21. The lowest BCUT2D eigenvalue weighted by atomic mass is 10.1.